The molecule has 0 fully saturated rings. The lowest BCUT2D eigenvalue weighted by molar-refractivity contribution is 1.04. The summed E-state index contributed by atoms with van der Waals surface area (Å²) in [6.07, 6.45) is 1.75. The first kappa shape index (κ1) is 7.64. The lowest BCUT2D eigenvalue weighted by Gasteiger charge is -1.92. The van der Waals surface area contributed by atoms with Crippen molar-refractivity contribution in [3.05, 3.63) is 29.0 Å². The van der Waals surface area contributed by atoms with E-state index in [0.717, 1.165) is 10.6 Å². The van der Waals surface area contributed by atoms with Crippen molar-refractivity contribution >= 4 is 22.9 Å². The molecule has 60 valence electrons. The van der Waals surface area contributed by atoms with Crippen molar-refractivity contribution in [2.24, 2.45) is 0 Å². The van der Waals surface area contributed by atoms with Gasteiger partial charge in [-0.25, -0.2) is 0 Å². The molecule has 2 aromatic heterocycles. The van der Waals surface area contributed by atoms with Crippen LogP contribution in [0.1, 0.15) is 0 Å². The molecule has 2 rings (SSSR count). The van der Waals surface area contributed by atoms with Gasteiger partial charge < -0.3 is 0 Å². The van der Waals surface area contributed by atoms with Gasteiger partial charge in [-0.3, -0.25) is 4.98 Å². The topological polar surface area (TPSA) is 38.7 Å². The van der Waals surface area contributed by atoms with E-state index in [1.165, 1.54) is 11.3 Å². The summed E-state index contributed by atoms with van der Waals surface area (Å²) < 4.78 is 0. The van der Waals surface area contributed by atoms with Crippen LogP contribution in [-0.2, 0) is 0 Å². The summed E-state index contributed by atoms with van der Waals surface area (Å²) >= 11 is 7.11. The van der Waals surface area contributed by atoms with Crippen molar-refractivity contribution in [3.63, 3.8) is 0 Å². The molecule has 2 heterocycles. The van der Waals surface area contributed by atoms with Crippen molar-refractivity contribution < 1.29 is 0 Å². The molecule has 0 aromatic carbocycles. The first-order chi connectivity index (χ1) is 5.86. The Labute approximate surface area is 78.1 Å². The van der Waals surface area contributed by atoms with Gasteiger partial charge in [0.05, 0.1) is 10.4 Å². The summed E-state index contributed by atoms with van der Waals surface area (Å²) in [5.74, 6) is 0. The molecule has 0 aliphatic rings. The Morgan fingerprint density at radius 3 is 2.75 bits per heavy atom. The molecule has 0 saturated carbocycles. The minimum Gasteiger partial charge on any atom is -0.252 e. The predicted octanol–water partition coefficient (Wildman–Crippen LogP) is 2.25. The molecule has 0 aliphatic heterocycles. The Morgan fingerprint density at radius 1 is 1.25 bits per heavy atom. The first-order valence-corrected chi connectivity index (χ1v) is 4.50. The van der Waals surface area contributed by atoms with E-state index in [0.29, 0.717) is 5.15 Å². The zero-order valence-electron chi connectivity index (χ0n) is 5.94. The van der Waals surface area contributed by atoms with Crippen LogP contribution in [-0.4, -0.2) is 15.2 Å². The van der Waals surface area contributed by atoms with E-state index in [1.54, 1.807) is 17.8 Å². The van der Waals surface area contributed by atoms with E-state index >= 15 is 0 Å². The summed E-state index contributed by atoms with van der Waals surface area (Å²) in [7, 11) is 0. The van der Waals surface area contributed by atoms with Crippen LogP contribution in [0.2, 0.25) is 5.15 Å². The predicted molar refractivity (Wildman–Crippen MR) is 48.2 cm³/mol. The number of rotatable bonds is 1. The van der Waals surface area contributed by atoms with Gasteiger partial charge in [0.1, 0.15) is 5.69 Å². The normalized spacial score (nSPS) is 10.1. The number of hydrogen-bond acceptors (Lipinski definition) is 4. The van der Waals surface area contributed by atoms with Gasteiger partial charge in [0.25, 0.3) is 0 Å². The van der Waals surface area contributed by atoms with Crippen molar-refractivity contribution in [3.8, 4) is 10.6 Å². The fourth-order valence-electron chi connectivity index (χ4n) is 0.790. The van der Waals surface area contributed by atoms with Crippen LogP contribution in [0, 0.1) is 0 Å². The highest BCUT2D eigenvalue weighted by atomic mass is 35.5. The summed E-state index contributed by atoms with van der Waals surface area (Å²) in [6, 6.07) is 3.53. The van der Waals surface area contributed by atoms with Crippen molar-refractivity contribution in [2.45, 2.75) is 0 Å². The second-order valence-electron chi connectivity index (χ2n) is 2.11. The average molecular weight is 198 g/mol. The number of nitrogens with zero attached hydrogens (tertiary/aromatic N) is 3. The molecule has 0 radical (unpaired) electrons. The molecule has 0 N–H and O–H groups in total. The maximum Gasteiger partial charge on any atom is 0.151 e. The van der Waals surface area contributed by atoms with Crippen LogP contribution in [0.4, 0.5) is 0 Å². The summed E-state index contributed by atoms with van der Waals surface area (Å²) in [5.41, 5.74) is 2.56. The zero-order valence-corrected chi connectivity index (χ0v) is 7.51. The van der Waals surface area contributed by atoms with Crippen LogP contribution in [0.3, 0.4) is 0 Å². The van der Waals surface area contributed by atoms with Gasteiger partial charge in [0.2, 0.25) is 0 Å². The molecular formula is C7H4ClN3S. The standard InChI is InChI=1S/C7H4ClN3S/c8-7-2-1-5(10-11-7)6-3-9-4-12-6/h1-4H. The minimum absolute atomic E-state index is 0.406. The lowest BCUT2D eigenvalue weighted by Crippen LogP contribution is -1.84. The summed E-state index contributed by atoms with van der Waals surface area (Å²) in [5, 5.41) is 8.04. The van der Waals surface area contributed by atoms with E-state index in [9.17, 15) is 0 Å². The molecule has 2 aromatic rings. The van der Waals surface area contributed by atoms with E-state index in [4.69, 9.17) is 11.6 Å². The van der Waals surface area contributed by atoms with Crippen LogP contribution in [0.25, 0.3) is 10.6 Å². The fraction of sp³-hybridized carbons (Fsp3) is 0. The molecule has 12 heavy (non-hydrogen) atoms. The lowest BCUT2D eigenvalue weighted by atomic mass is 10.3. The van der Waals surface area contributed by atoms with E-state index in [1.807, 2.05) is 6.07 Å². The molecule has 3 nitrogen and oxygen atoms in total. The minimum atomic E-state index is 0.406. The SMILES string of the molecule is Clc1ccc(-c2cncs2)nn1. The number of halogens is 1. The molecule has 0 bridgehead atoms. The zero-order chi connectivity index (χ0) is 8.39. The molecule has 0 spiro atoms. The van der Waals surface area contributed by atoms with Crippen molar-refractivity contribution in [2.75, 3.05) is 0 Å². The number of hydrogen-bond donors (Lipinski definition) is 0. The molecular weight excluding hydrogens is 194 g/mol. The highest BCUT2D eigenvalue weighted by Crippen LogP contribution is 2.20. The quantitative estimate of drug-likeness (QED) is 0.704. The second-order valence-corrected chi connectivity index (χ2v) is 3.38. The van der Waals surface area contributed by atoms with E-state index in [2.05, 4.69) is 15.2 Å². The number of thiazole rings is 1. The average Bonchev–Trinajstić information content (AvgIpc) is 2.58. The smallest absolute Gasteiger partial charge is 0.151 e. The monoisotopic (exact) mass is 197 g/mol. The second kappa shape index (κ2) is 3.16. The first-order valence-electron chi connectivity index (χ1n) is 3.24. The Kier molecular flexibility index (Phi) is 2.01. The summed E-state index contributed by atoms with van der Waals surface area (Å²) in [6.45, 7) is 0. The summed E-state index contributed by atoms with van der Waals surface area (Å²) in [4.78, 5) is 4.94. The number of aromatic nitrogens is 3. The van der Waals surface area contributed by atoms with E-state index in [-0.39, 0.29) is 0 Å². The van der Waals surface area contributed by atoms with Gasteiger partial charge in [0, 0.05) is 6.20 Å². The maximum absolute atomic E-state index is 5.59. The Balaban J connectivity index is 2.43. The van der Waals surface area contributed by atoms with Crippen molar-refractivity contribution in [1.82, 2.24) is 15.2 Å². The molecule has 5 heteroatoms. The Morgan fingerprint density at radius 2 is 2.17 bits per heavy atom. The molecule has 0 atom stereocenters. The highest BCUT2D eigenvalue weighted by molar-refractivity contribution is 7.13. The fourth-order valence-corrected chi connectivity index (χ4v) is 1.48. The molecule has 0 saturated heterocycles. The van der Waals surface area contributed by atoms with Crippen molar-refractivity contribution in [1.29, 1.82) is 0 Å². The van der Waals surface area contributed by atoms with Crippen LogP contribution < -0.4 is 0 Å². The third kappa shape index (κ3) is 1.44. The van der Waals surface area contributed by atoms with Gasteiger partial charge in [0.15, 0.2) is 5.15 Å². The van der Waals surface area contributed by atoms with Gasteiger partial charge >= 0.3 is 0 Å². The van der Waals surface area contributed by atoms with Gasteiger partial charge in [-0.2, -0.15) is 0 Å². The maximum atomic E-state index is 5.59. The Hall–Kier alpha value is -1.00. The third-order valence-electron chi connectivity index (χ3n) is 1.32. The van der Waals surface area contributed by atoms with Gasteiger partial charge in [-0.15, -0.1) is 21.5 Å². The largest absolute Gasteiger partial charge is 0.252 e. The third-order valence-corrected chi connectivity index (χ3v) is 2.31. The van der Waals surface area contributed by atoms with E-state index < -0.39 is 0 Å². The van der Waals surface area contributed by atoms with Crippen LogP contribution in [0.15, 0.2) is 23.8 Å². The van der Waals surface area contributed by atoms with Crippen LogP contribution in [0.5, 0.6) is 0 Å². The molecule has 0 unspecified atom stereocenters. The molecule has 0 amide bonds. The molecule has 0 aliphatic carbocycles. The van der Waals surface area contributed by atoms with Crippen LogP contribution >= 0.6 is 22.9 Å². The highest BCUT2D eigenvalue weighted by Gasteiger charge is 2.00. The van der Waals surface area contributed by atoms with Gasteiger partial charge in [-0.05, 0) is 12.1 Å². The Bertz CT molecular complexity index is 357. The van der Waals surface area contributed by atoms with Gasteiger partial charge in [-0.1, -0.05) is 11.6 Å².